The summed E-state index contributed by atoms with van der Waals surface area (Å²) in [6.07, 6.45) is 2.78. The normalized spacial score (nSPS) is 21.1. The molecule has 1 saturated heterocycles. The maximum absolute atomic E-state index is 12.8. The monoisotopic (exact) mass is 449 g/mol. The lowest BCUT2D eigenvalue weighted by Crippen LogP contribution is -2.45. The van der Waals surface area contributed by atoms with Crippen molar-refractivity contribution in [1.82, 2.24) is 4.90 Å². The zero-order valence-electron chi connectivity index (χ0n) is 18.7. The smallest absolute Gasteiger partial charge is 0.294 e. The van der Waals surface area contributed by atoms with E-state index in [9.17, 15) is 14.4 Å². The van der Waals surface area contributed by atoms with Gasteiger partial charge in [0.25, 0.3) is 11.1 Å². The van der Waals surface area contributed by atoms with Crippen LogP contribution in [0, 0.1) is 0 Å². The number of imide groups is 1. The molecule has 1 atom stereocenters. The molecule has 2 aromatic rings. The summed E-state index contributed by atoms with van der Waals surface area (Å²) in [5.41, 5.74) is 4.01. The Balaban J connectivity index is 1.51. The van der Waals surface area contributed by atoms with Crippen LogP contribution >= 0.6 is 11.8 Å². The quantitative estimate of drug-likeness (QED) is 0.659. The standard InChI is InChI=1S/C25H27N3O3S/c1-16-14-25(2,3)27(4)20-11-10-17(12-19(16)20)13-21-23(30)28(24(31)32-21)15-22(29)26-18-8-6-5-7-9-18/h5-13,16H,14-15H2,1-4H3,(H,26,29)/b21-13-/t16-/m0/s1. The van der Waals surface area contributed by atoms with Crippen molar-refractivity contribution in [3.05, 3.63) is 64.6 Å². The van der Waals surface area contributed by atoms with Crippen molar-refractivity contribution in [2.75, 3.05) is 23.8 Å². The van der Waals surface area contributed by atoms with Gasteiger partial charge in [-0.15, -0.1) is 0 Å². The molecule has 2 aromatic carbocycles. The van der Waals surface area contributed by atoms with Crippen LogP contribution < -0.4 is 10.2 Å². The summed E-state index contributed by atoms with van der Waals surface area (Å²) < 4.78 is 0. The number of thioether (sulfide) groups is 1. The lowest BCUT2D eigenvalue weighted by molar-refractivity contribution is -0.127. The van der Waals surface area contributed by atoms with Crippen LogP contribution in [0.25, 0.3) is 6.08 Å². The van der Waals surface area contributed by atoms with Gasteiger partial charge in [0, 0.05) is 24.0 Å². The molecule has 0 radical (unpaired) electrons. The highest BCUT2D eigenvalue weighted by atomic mass is 32.2. The molecule has 2 aliphatic rings. The Bertz CT molecular complexity index is 1110. The van der Waals surface area contributed by atoms with E-state index < -0.39 is 17.1 Å². The van der Waals surface area contributed by atoms with Crippen LogP contribution in [-0.2, 0) is 9.59 Å². The number of rotatable bonds is 4. The first-order chi connectivity index (χ1) is 15.2. The minimum Gasteiger partial charge on any atom is -0.369 e. The molecule has 0 unspecified atom stereocenters. The molecule has 166 valence electrons. The van der Waals surface area contributed by atoms with Gasteiger partial charge in [0.2, 0.25) is 5.91 Å². The molecule has 1 N–H and O–H groups in total. The van der Waals surface area contributed by atoms with E-state index in [1.807, 2.05) is 12.1 Å². The topological polar surface area (TPSA) is 69.7 Å². The fraction of sp³-hybridized carbons (Fsp3) is 0.320. The Hall–Kier alpha value is -3.06. The van der Waals surface area contributed by atoms with Crippen molar-refractivity contribution in [3.8, 4) is 0 Å². The highest BCUT2D eigenvalue weighted by molar-refractivity contribution is 8.18. The van der Waals surface area contributed by atoms with Crippen LogP contribution in [0.15, 0.2) is 53.4 Å². The summed E-state index contributed by atoms with van der Waals surface area (Å²) in [6.45, 7) is 6.39. The first kappa shape index (κ1) is 22.1. The van der Waals surface area contributed by atoms with Gasteiger partial charge in [-0.25, -0.2) is 0 Å². The summed E-state index contributed by atoms with van der Waals surface area (Å²) in [5, 5.41) is 2.27. The lowest BCUT2D eigenvalue weighted by Gasteiger charge is -2.45. The van der Waals surface area contributed by atoms with E-state index >= 15 is 0 Å². The number of hydrogen-bond acceptors (Lipinski definition) is 5. The van der Waals surface area contributed by atoms with Gasteiger partial charge in [-0.2, -0.15) is 0 Å². The van der Waals surface area contributed by atoms with Gasteiger partial charge in [0.05, 0.1) is 4.91 Å². The Morgan fingerprint density at radius 2 is 1.91 bits per heavy atom. The second-order valence-electron chi connectivity index (χ2n) is 8.98. The van der Waals surface area contributed by atoms with Crippen LogP contribution in [-0.4, -0.2) is 41.1 Å². The number of benzene rings is 2. The Morgan fingerprint density at radius 1 is 1.19 bits per heavy atom. The van der Waals surface area contributed by atoms with Gasteiger partial charge in [0.15, 0.2) is 0 Å². The van der Waals surface area contributed by atoms with Crippen molar-refractivity contribution in [2.24, 2.45) is 0 Å². The van der Waals surface area contributed by atoms with Gasteiger partial charge in [0.1, 0.15) is 6.54 Å². The summed E-state index contributed by atoms with van der Waals surface area (Å²) in [6, 6.07) is 15.1. The fourth-order valence-electron chi connectivity index (χ4n) is 4.34. The second kappa shape index (κ2) is 8.47. The van der Waals surface area contributed by atoms with E-state index in [-0.39, 0.29) is 12.1 Å². The van der Waals surface area contributed by atoms with Gasteiger partial charge >= 0.3 is 0 Å². The van der Waals surface area contributed by atoms with Gasteiger partial charge < -0.3 is 10.2 Å². The average Bonchev–Trinajstić information content (AvgIpc) is 3.00. The van der Waals surface area contributed by atoms with E-state index in [4.69, 9.17) is 0 Å². The molecule has 4 rings (SSSR count). The third kappa shape index (κ3) is 4.30. The highest BCUT2D eigenvalue weighted by Crippen LogP contribution is 2.43. The van der Waals surface area contributed by atoms with E-state index in [0.29, 0.717) is 16.5 Å². The van der Waals surface area contributed by atoms with Crippen LogP contribution in [0.1, 0.15) is 44.2 Å². The number of nitrogens with one attached hydrogen (secondary N) is 1. The molecule has 0 aromatic heterocycles. The Labute approximate surface area is 192 Å². The highest BCUT2D eigenvalue weighted by Gasteiger charge is 2.37. The fourth-order valence-corrected chi connectivity index (χ4v) is 5.18. The number of hydrogen-bond donors (Lipinski definition) is 1. The molecule has 2 heterocycles. The molecule has 0 aliphatic carbocycles. The number of carbonyl (C=O) groups excluding carboxylic acids is 3. The number of carbonyl (C=O) groups is 3. The zero-order chi connectivity index (χ0) is 23.0. The van der Waals surface area contributed by atoms with Crippen LogP contribution in [0.2, 0.25) is 0 Å². The predicted molar refractivity (Wildman–Crippen MR) is 130 cm³/mol. The third-order valence-electron chi connectivity index (χ3n) is 6.19. The molecular weight excluding hydrogens is 422 g/mol. The SMILES string of the molecule is C[C@H]1CC(C)(C)N(C)c2ccc(/C=C3\SC(=O)N(CC(=O)Nc4ccccc4)C3=O)cc21. The minimum absolute atomic E-state index is 0.0803. The van der Waals surface area contributed by atoms with Crippen molar-refractivity contribution in [2.45, 2.75) is 38.6 Å². The summed E-state index contributed by atoms with van der Waals surface area (Å²) in [4.78, 5) is 41.2. The van der Waals surface area contributed by atoms with Crippen LogP contribution in [0.4, 0.5) is 16.2 Å². The molecule has 3 amide bonds. The minimum atomic E-state index is -0.438. The van der Waals surface area contributed by atoms with Crippen molar-refractivity contribution in [3.63, 3.8) is 0 Å². The number of anilines is 2. The van der Waals surface area contributed by atoms with E-state index in [1.54, 1.807) is 30.3 Å². The number of nitrogens with zero attached hydrogens (tertiary/aromatic N) is 2. The molecule has 32 heavy (non-hydrogen) atoms. The second-order valence-corrected chi connectivity index (χ2v) is 9.97. The zero-order valence-corrected chi connectivity index (χ0v) is 19.5. The Kier molecular flexibility index (Phi) is 5.86. The molecular formula is C25H27N3O3S. The average molecular weight is 450 g/mol. The lowest BCUT2D eigenvalue weighted by atomic mass is 9.80. The number of amides is 3. The third-order valence-corrected chi connectivity index (χ3v) is 7.10. The number of para-hydroxylation sites is 1. The van der Waals surface area contributed by atoms with Crippen LogP contribution in [0.5, 0.6) is 0 Å². The van der Waals surface area contributed by atoms with Crippen molar-refractivity contribution >= 4 is 46.3 Å². The van der Waals surface area contributed by atoms with Crippen molar-refractivity contribution in [1.29, 1.82) is 0 Å². The Morgan fingerprint density at radius 3 is 2.62 bits per heavy atom. The number of fused-ring (bicyclic) bond motifs is 1. The first-order valence-corrected chi connectivity index (χ1v) is 11.5. The van der Waals surface area contributed by atoms with E-state index in [0.717, 1.165) is 28.6 Å². The molecule has 7 heteroatoms. The van der Waals surface area contributed by atoms with Crippen LogP contribution in [0.3, 0.4) is 0 Å². The van der Waals surface area contributed by atoms with E-state index in [1.165, 1.54) is 11.3 Å². The van der Waals surface area contributed by atoms with E-state index in [2.05, 4.69) is 50.2 Å². The molecule has 0 saturated carbocycles. The van der Waals surface area contributed by atoms with Crippen molar-refractivity contribution < 1.29 is 14.4 Å². The van der Waals surface area contributed by atoms with Gasteiger partial charge in [-0.05, 0) is 79.4 Å². The largest absolute Gasteiger partial charge is 0.369 e. The maximum Gasteiger partial charge on any atom is 0.294 e. The molecule has 2 aliphatic heterocycles. The first-order valence-electron chi connectivity index (χ1n) is 10.6. The molecule has 0 spiro atoms. The molecule has 6 nitrogen and oxygen atoms in total. The maximum atomic E-state index is 12.8. The van der Waals surface area contributed by atoms with Gasteiger partial charge in [-0.1, -0.05) is 31.2 Å². The molecule has 0 bridgehead atoms. The van der Waals surface area contributed by atoms with Gasteiger partial charge in [-0.3, -0.25) is 19.3 Å². The summed E-state index contributed by atoms with van der Waals surface area (Å²) in [7, 11) is 2.11. The summed E-state index contributed by atoms with van der Waals surface area (Å²) >= 11 is 0.872. The predicted octanol–water partition coefficient (Wildman–Crippen LogP) is 5.08. The molecule has 1 fully saturated rings. The summed E-state index contributed by atoms with van der Waals surface area (Å²) in [5.74, 6) is -0.457.